The van der Waals surface area contributed by atoms with Crippen molar-refractivity contribution in [3.63, 3.8) is 0 Å². The Morgan fingerprint density at radius 1 is 1.00 bits per heavy atom. The van der Waals surface area contributed by atoms with Crippen molar-refractivity contribution >= 4 is 15.5 Å². The first-order chi connectivity index (χ1) is 10.5. The molecule has 0 amide bonds. The minimum Gasteiger partial charge on any atom is -0.379 e. The number of hydrogen-bond donors (Lipinski definition) is 0. The van der Waals surface area contributed by atoms with Gasteiger partial charge in [0.05, 0.1) is 18.1 Å². The summed E-state index contributed by atoms with van der Waals surface area (Å²) in [5, 5.41) is 0. The Morgan fingerprint density at radius 2 is 1.59 bits per heavy atom. The van der Waals surface area contributed by atoms with E-state index in [1.807, 2.05) is 12.1 Å². The van der Waals surface area contributed by atoms with Crippen molar-refractivity contribution in [2.24, 2.45) is 0 Å². The predicted octanol–water partition coefficient (Wildman–Crippen LogP) is 1.39. The number of hydrogen-bond acceptors (Lipinski definition) is 5. The fourth-order valence-corrected chi connectivity index (χ4v) is 3.97. The minimum atomic E-state index is -3.11. The van der Waals surface area contributed by atoms with E-state index in [0.717, 1.165) is 57.9 Å². The average molecular weight is 324 g/mol. The number of piperidine rings is 1. The van der Waals surface area contributed by atoms with Crippen molar-refractivity contribution < 1.29 is 13.2 Å². The normalized spacial score (nSPS) is 22.0. The van der Waals surface area contributed by atoms with Crippen molar-refractivity contribution in [2.45, 2.75) is 23.8 Å². The summed E-state index contributed by atoms with van der Waals surface area (Å²) >= 11 is 0. The highest BCUT2D eigenvalue weighted by Gasteiger charge is 2.25. The maximum Gasteiger partial charge on any atom is 0.175 e. The zero-order chi connectivity index (χ0) is 15.6. The van der Waals surface area contributed by atoms with E-state index in [1.54, 1.807) is 12.1 Å². The molecule has 2 aliphatic heterocycles. The first-order valence-corrected chi connectivity index (χ1v) is 9.80. The van der Waals surface area contributed by atoms with Gasteiger partial charge in [-0.25, -0.2) is 8.42 Å². The Morgan fingerprint density at radius 3 is 2.14 bits per heavy atom. The molecule has 0 radical (unpaired) electrons. The molecule has 22 heavy (non-hydrogen) atoms. The number of anilines is 1. The summed E-state index contributed by atoms with van der Waals surface area (Å²) in [4.78, 5) is 5.29. The molecule has 2 saturated heterocycles. The second kappa shape index (κ2) is 6.56. The predicted molar refractivity (Wildman–Crippen MR) is 87.2 cm³/mol. The first-order valence-electron chi connectivity index (χ1n) is 7.91. The summed E-state index contributed by atoms with van der Waals surface area (Å²) in [5.41, 5.74) is 1.12. The molecule has 0 unspecified atom stereocenters. The Kier molecular flexibility index (Phi) is 4.70. The lowest BCUT2D eigenvalue weighted by atomic mass is 10.0. The highest BCUT2D eigenvalue weighted by molar-refractivity contribution is 7.90. The molecule has 2 heterocycles. The summed E-state index contributed by atoms with van der Waals surface area (Å²) in [7, 11) is -3.11. The summed E-state index contributed by atoms with van der Waals surface area (Å²) in [6.45, 7) is 5.86. The van der Waals surface area contributed by atoms with Crippen molar-refractivity contribution in [1.29, 1.82) is 0 Å². The van der Waals surface area contributed by atoms with Crippen LogP contribution in [-0.4, -0.2) is 65.0 Å². The van der Waals surface area contributed by atoms with E-state index >= 15 is 0 Å². The third-order valence-corrected chi connectivity index (χ3v) is 5.79. The van der Waals surface area contributed by atoms with Crippen LogP contribution in [0.2, 0.25) is 0 Å². The van der Waals surface area contributed by atoms with Gasteiger partial charge in [-0.2, -0.15) is 0 Å². The molecule has 1 aromatic rings. The van der Waals surface area contributed by atoms with Gasteiger partial charge in [0.15, 0.2) is 9.84 Å². The first kappa shape index (κ1) is 15.8. The molecule has 0 spiro atoms. The summed E-state index contributed by atoms with van der Waals surface area (Å²) < 4.78 is 28.4. The molecule has 0 aromatic heterocycles. The zero-order valence-corrected chi connectivity index (χ0v) is 13.9. The van der Waals surface area contributed by atoms with E-state index < -0.39 is 9.84 Å². The lowest BCUT2D eigenvalue weighted by Crippen LogP contribution is -2.49. The number of ether oxygens (including phenoxy) is 1. The van der Waals surface area contributed by atoms with Crippen LogP contribution in [0.15, 0.2) is 29.2 Å². The zero-order valence-electron chi connectivity index (χ0n) is 13.1. The van der Waals surface area contributed by atoms with Gasteiger partial charge in [0.2, 0.25) is 0 Å². The van der Waals surface area contributed by atoms with Gasteiger partial charge in [-0.3, -0.25) is 4.90 Å². The third kappa shape index (κ3) is 3.62. The van der Waals surface area contributed by atoms with E-state index in [0.29, 0.717) is 10.9 Å². The number of sulfone groups is 1. The lowest BCUT2D eigenvalue weighted by Gasteiger charge is -2.40. The number of rotatable bonds is 3. The van der Waals surface area contributed by atoms with Crippen LogP contribution >= 0.6 is 0 Å². The Labute approximate surface area is 132 Å². The number of nitrogens with zero attached hydrogens (tertiary/aromatic N) is 2. The van der Waals surface area contributed by atoms with Gasteiger partial charge in [0, 0.05) is 44.2 Å². The molecule has 0 N–H and O–H groups in total. The van der Waals surface area contributed by atoms with Gasteiger partial charge in [0.1, 0.15) is 0 Å². The molecule has 122 valence electrons. The molecule has 6 heteroatoms. The van der Waals surface area contributed by atoms with Crippen molar-refractivity contribution in [1.82, 2.24) is 4.90 Å². The Balaban J connectivity index is 1.59. The molecule has 0 aliphatic carbocycles. The largest absolute Gasteiger partial charge is 0.379 e. The number of benzene rings is 1. The molecule has 5 nitrogen and oxygen atoms in total. The van der Waals surface area contributed by atoms with Gasteiger partial charge >= 0.3 is 0 Å². The summed E-state index contributed by atoms with van der Waals surface area (Å²) in [5.74, 6) is 0. The Bertz CT molecular complexity index is 586. The van der Waals surface area contributed by atoms with Gasteiger partial charge in [-0.05, 0) is 37.1 Å². The standard InChI is InChI=1S/C16H24N2O3S/c1-22(19,20)16-4-2-14(3-5-16)17-8-6-15(7-9-17)18-10-12-21-13-11-18/h2-5,15H,6-13H2,1H3. The second-order valence-corrected chi connectivity index (χ2v) is 8.15. The molecule has 2 aliphatic rings. The highest BCUT2D eigenvalue weighted by Crippen LogP contribution is 2.24. The second-order valence-electron chi connectivity index (χ2n) is 6.13. The average Bonchev–Trinajstić information content (AvgIpc) is 2.55. The van der Waals surface area contributed by atoms with E-state index in [1.165, 1.54) is 6.26 Å². The van der Waals surface area contributed by atoms with E-state index in [9.17, 15) is 8.42 Å². The van der Waals surface area contributed by atoms with Crippen LogP contribution in [0.1, 0.15) is 12.8 Å². The van der Waals surface area contributed by atoms with E-state index in [-0.39, 0.29) is 0 Å². The molecule has 0 saturated carbocycles. The molecule has 2 fully saturated rings. The van der Waals surface area contributed by atoms with Gasteiger partial charge in [-0.15, -0.1) is 0 Å². The lowest BCUT2D eigenvalue weighted by molar-refractivity contribution is 0.0115. The molecule has 0 bridgehead atoms. The maximum absolute atomic E-state index is 11.5. The maximum atomic E-state index is 11.5. The smallest absolute Gasteiger partial charge is 0.175 e. The molecular formula is C16H24N2O3S. The van der Waals surface area contributed by atoms with Gasteiger partial charge < -0.3 is 9.64 Å². The molecule has 3 rings (SSSR count). The highest BCUT2D eigenvalue weighted by atomic mass is 32.2. The molecular weight excluding hydrogens is 300 g/mol. The van der Waals surface area contributed by atoms with Crippen LogP contribution < -0.4 is 4.90 Å². The van der Waals surface area contributed by atoms with Crippen LogP contribution in [0, 0.1) is 0 Å². The number of morpholine rings is 1. The van der Waals surface area contributed by atoms with Crippen LogP contribution in [-0.2, 0) is 14.6 Å². The van der Waals surface area contributed by atoms with Crippen LogP contribution in [0.25, 0.3) is 0 Å². The SMILES string of the molecule is CS(=O)(=O)c1ccc(N2CCC(N3CCOCC3)CC2)cc1. The summed E-state index contributed by atoms with van der Waals surface area (Å²) in [6.07, 6.45) is 3.57. The monoisotopic (exact) mass is 324 g/mol. The molecule has 1 aromatic carbocycles. The minimum absolute atomic E-state index is 0.388. The van der Waals surface area contributed by atoms with Crippen molar-refractivity contribution in [3.05, 3.63) is 24.3 Å². The van der Waals surface area contributed by atoms with E-state index in [2.05, 4.69) is 9.80 Å². The summed E-state index contributed by atoms with van der Waals surface area (Å²) in [6, 6.07) is 7.92. The fraction of sp³-hybridized carbons (Fsp3) is 0.625. The van der Waals surface area contributed by atoms with Crippen molar-refractivity contribution in [3.8, 4) is 0 Å². The van der Waals surface area contributed by atoms with Crippen LogP contribution in [0.5, 0.6) is 0 Å². The van der Waals surface area contributed by atoms with Crippen LogP contribution in [0.3, 0.4) is 0 Å². The third-order valence-electron chi connectivity index (χ3n) is 4.66. The quantitative estimate of drug-likeness (QED) is 0.841. The molecule has 0 atom stereocenters. The van der Waals surface area contributed by atoms with Crippen molar-refractivity contribution in [2.75, 3.05) is 50.5 Å². The van der Waals surface area contributed by atoms with E-state index in [4.69, 9.17) is 4.74 Å². The fourth-order valence-electron chi connectivity index (χ4n) is 3.34. The van der Waals surface area contributed by atoms with Gasteiger partial charge in [-0.1, -0.05) is 0 Å². The topological polar surface area (TPSA) is 49.9 Å². The van der Waals surface area contributed by atoms with Crippen LogP contribution in [0.4, 0.5) is 5.69 Å². The Hall–Kier alpha value is -1.11. The van der Waals surface area contributed by atoms with Gasteiger partial charge in [0.25, 0.3) is 0 Å².